The Morgan fingerprint density at radius 3 is 2.29 bits per heavy atom. The van der Waals surface area contributed by atoms with Crippen molar-refractivity contribution in [1.29, 1.82) is 0 Å². The van der Waals surface area contributed by atoms with E-state index in [1.54, 1.807) is 36.4 Å². The summed E-state index contributed by atoms with van der Waals surface area (Å²) in [5.74, 6) is -2.01. The van der Waals surface area contributed by atoms with E-state index in [4.69, 9.17) is 32.5 Å². The number of aliphatic hydroxyl groups excluding tert-OH is 3. The van der Waals surface area contributed by atoms with Crippen LogP contribution in [-0.2, 0) is 19.1 Å². The number of aliphatic carboxylic acids is 1. The number of amides is 2. The van der Waals surface area contributed by atoms with Gasteiger partial charge in [-0.2, -0.15) is 0 Å². The lowest BCUT2D eigenvalue weighted by Gasteiger charge is -2.32. The molecule has 1 aliphatic heterocycles. The number of thiocarbonyl (C=S) groups is 1. The van der Waals surface area contributed by atoms with E-state index < -0.39 is 60.4 Å². The van der Waals surface area contributed by atoms with Crippen LogP contribution in [0.25, 0.3) is 0 Å². The van der Waals surface area contributed by atoms with Crippen molar-refractivity contribution >= 4 is 40.8 Å². The number of ether oxygens (including phenoxy) is 2. The number of nitrogens with one attached hydrogen (secondary N) is 1. The van der Waals surface area contributed by atoms with Crippen molar-refractivity contribution < 1.29 is 44.3 Å². The Hall–Kier alpha value is -3.72. The van der Waals surface area contributed by atoms with Crippen molar-refractivity contribution in [2.45, 2.75) is 37.4 Å². The van der Waals surface area contributed by atoms with Gasteiger partial charge in [-0.15, -0.1) is 0 Å². The van der Waals surface area contributed by atoms with Crippen molar-refractivity contribution in [3.8, 4) is 11.5 Å². The number of anilines is 1. The van der Waals surface area contributed by atoms with Crippen molar-refractivity contribution in [2.75, 3.05) is 11.5 Å². The molecule has 2 aromatic rings. The van der Waals surface area contributed by atoms with Crippen LogP contribution in [0.5, 0.6) is 11.5 Å². The van der Waals surface area contributed by atoms with E-state index in [-0.39, 0.29) is 5.11 Å². The van der Waals surface area contributed by atoms with Gasteiger partial charge in [0.05, 0.1) is 18.3 Å². The Morgan fingerprint density at radius 1 is 1.11 bits per heavy atom. The van der Waals surface area contributed by atoms with Crippen molar-refractivity contribution in [3.05, 3.63) is 66.2 Å². The van der Waals surface area contributed by atoms with Crippen LogP contribution in [0.3, 0.4) is 0 Å². The zero-order valence-electron chi connectivity index (χ0n) is 20.1. The van der Waals surface area contributed by atoms with E-state index >= 15 is 0 Å². The fourth-order valence-electron chi connectivity index (χ4n) is 3.51. The standard InChI is InChI=1S/C25H27N3O9S/c1-13(24(34)35)36-21(20(31)19(30)12-29)18(26)11-17-22(32)27-25(38)28(23(17)33)14-7-9-16(10-8-14)37-15-5-3-2-4-6-15/h2-11,13,18-21,29-31H,12,26H2,1H3,(H,34,35)(H,27,32,38)/b17-11+/t13?,18-,19+,20+,21+/m0/s1. The molecular formula is C25H27N3O9S. The molecule has 0 aliphatic carbocycles. The molecule has 0 aromatic heterocycles. The monoisotopic (exact) mass is 545 g/mol. The van der Waals surface area contributed by atoms with Gasteiger partial charge in [0.25, 0.3) is 11.8 Å². The number of hydrogen-bond acceptors (Lipinski definition) is 10. The molecule has 0 bridgehead atoms. The highest BCUT2D eigenvalue weighted by atomic mass is 32.1. The highest BCUT2D eigenvalue weighted by Crippen LogP contribution is 2.27. The lowest BCUT2D eigenvalue weighted by molar-refractivity contribution is -0.164. The van der Waals surface area contributed by atoms with Crippen LogP contribution in [0.15, 0.2) is 66.2 Å². The number of nitrogens with zero attached hydrogens (tertiary/aromatic N) is 1. The van der Waals surface area contributed by atoms with Crippen molar-refractivity contribution in [3.63, 3.8) is 0 Å². The van der Waals surface area contributed by atoms with Gasteiger partial charge in [0.2, 0.25) is 0 Å². The molecule has 0 saturated carbocycles. The Labute approximate surface area is 222 Å². The number of carbonyl (C=O) groups is 3. The fourth-order valence-corrected chi connectivity index (χ4v) is 3.79. The Morgan fingerprint density at radius 2 is 1.71 bits per heavy atom. The minimum absolute atomic E-state index is 0.189. The predicted molar refractivity (Wildman–Crippen MR) is 138 cm³/mol. The molecule has 1 fully saturated rings. The van der Waals surface area contributed by atoms with Crippen LogP contribution >= 0.6 is 12.2 Å². The topological polar surface area (TPSA) is 192 Å². The zero-order chi connectivity index (χ0) is 28.0. The molecule has 38 heavy (non-hydrogen) atoms. The number of carboxylic acids is 1. The van der Waals surface area contributed by atoms with Gasteiger partial charge in [0, 0.05) is 0 Å². The molecule has 2 aromatic carbocycles. The maximum atomic E-state index is 13.3. The van der Waals surface area contributed by atoms with Crippen molar-refractivity contribution in [1.82, 2.24) is 5.32 Å². The predicted octanol–water partition coefficient (Wildman–Crippen LogP) is 0.0527. The molecule has 1 unspecified atom stereocenters. The van der Waals surface area contributed by atoms with Crippen LogP contribution in [0.2, 0.25) is 0 Å². The van der Waals surface area contributed by atoms with Crippen LogP contribution < -0.4 is 20.7 Å². The quantitative estimate of drug-likeness (QED) is 0.127. The summed E-state index contributed by atoms with van der Waals surface area (Å²) in [7, 11) is 0. The number of hydrogen-bond donors (Lipinski definition) is 6. The second-order valence-corrected chi connectivity index (χ2v) is 8.67. The first-order chi connectivity index (χ1) is 18.0. The lowest BCUT2D eigenvalue weighted by Crippen LogP contribution is -2.56. The van der Waals surface area contributed by atoms with Crippen LogP contribution in [0, 0.1) is 0 Å². The maximum Gasteiger partial charge on any atom is 0.332 e. The smallest absolute Gasteiger partial charge is 0.332 e. The maximum absolute atomic E-state index is 13.3. The highest BCUT2D eigenvalue weighted by molar-refractivity contribution is 7.80. The second-order valence-electron chi connectivity index (χ2n) is 8.29. The fraction of sp³-hybridized carbons (Fsp3) is 0.280. The Bertz CT molecular complexity index is 1210. The summed E-state index contributed by atoms with van der Waals surface area (Å²) < 4.78 is 11.0. The van der Waals surface area contributed by atoms with Gasteiger partial charge in [-0.05, 0) is 61.6 Å². The van der Waals surface area contributed by atoms with E-state index in [0.29, 0.717) is 17.2 Å². The molecule has 0 spiro atoms. The SMILES string of the molecule is CC(O[C@@H]([C@H](O)[C@H](O)CO)[C@@H](N)/C=C1\C(=O)NC(=S)N(c2ccc(Oc3ccccc3)cc2)C1=O)C(=O)O. The average Bonchev–Trinajstić information content (AvgIpc) is 2.89. The minimum atomic E-state index is -1.84. The first-order valence-corrected chi connectivity index (χ1v) is 11.8. The molecular weight excluding hydrogens is 518 g/mol. The van der Waals surface area contributed by atoms with Gasteiger partial charge in [-0.25, -0.2) is 4.79 Å². The summed E-state index contributed by atoms with van der Waals surface area (Å²) in [6.07, 6.45) is -5.67. The summed E-state index contributed by atoms with van der Waals surface area (Å²) in [5.41, 5.74) is 5.93. The number of nitrogens with two attached hydrogens (primary N) is 1. The highest BCUT2D eigenvalue weighted by Gasteiger charge is 2.38. The number of para-hydroxylation sites is 1. The molecule has 1 saturated heterocycles. The largest absolute Gasteiger partial charge is 0.479 e. The molecule has 3 rings (SSSR count). The summed E-state index contributed by atoms with van der Waals surface area (Å²) in [6.45, 7) is 0.286. The van der Waals surface area contributed by atoms with E-state index in [1.165, 1.54) is 0 Å². The number of carbonyl (C=O) groups excluding carboxylic acids is 2. The lowest BCUT2D eigenvalue weighted by atomic mass is 9.98. The summed E-state index contributed by atoms with van der Waals surface area (Å²) in [6, 6.07) is 13.9. The molecule has 12 nitrogen and oxygen atoms in total. The molecule has 2 amide bonds. The third-order valence-electron chi connectivity index (χ3n) is 5.54. The first kappa shape index (κ1) is 28.8. The summed E-state index contributed by atoms with van der Waals surface area (Å²) >= 11 is 5.19. The number of benzene rings is 2. The van der Waals surface area contributed by atoms with E-state index in [0.717, 1.165) is 17.9 Å². The van der Waals surface area contributed by atoms with Crippen LogP contribution in [0.4, 0.5) is 5.69 Å². The van der Waals surface area contributed by atoms with Gasteiger partial charge in [-0.1, -0.05) is 18.2 Å². The van der Waals surface area contributed by atoms with Gasteiger partial charge < -0.3 is 35.6 Å². The third-order valence-corrected chi connectivity index (χ3v) is 5.83. The van der Waals surface area contributed by atoms with Crippen molar-refractivity contribution in [2.24, 2.45) is 5.73 Å². The molecule has 5 atom stereocenters. The number of aliphatic hydroxyl groups is 3. The van der Waals surface area contributed by atoms with E-state index in [1.807, 2.05) is 18.2 Å². The Balaban J connectivity index is 1.86. The van der Waals surface area contributed by atoms with E-state index in [9.17, 15) is 29.7 Å². The van der Waals surface area contributed by atoms with Gasteiger partial charge in [-0.3, -0.25) is 19.8 Å². The number of carboxylic acid groups (broad SMARTS) is 1. The van der Waals surface area contributed by atoms with Gasteiger partial charge in [0.1, 0.15) is 35.4 Å². The summed E-state index contributed by atoms with van der Waals surface area (Å²) in [4.78, 5) is 38.2. The molecule has 7 N–H and O–H groups in total. The van der Waals surface area contributed by atoms with Gasteiger partial charge >= 0.3 is 5.97 Å². The zero-order valence-corrected chi connectivity index (χ0v) is 20.9. The van der Waals surface area contributed by atoms with Crippen LogP contribution in [-0.4, -0.2) is 80.4 Å². The number of rotatable bonds is 11. The molecule has 1 aliphatic rings. The first-order valence-electron chi connectivity index (χ1n) is 11.4. The Kier molecular flexibility index (Phi) is 9.63. The normalized spacial score (nSPS) is 18.9. The molecule has 202 valence electrons. The third kappa shape index (κ3) is 6.77. The minimum Gasteiger partial charge on any atom is -0.479 e. The average molecular weight is 546 g/mol. The van der Waals surface area contributed by atoms with E-state index in [2.05, 4.69) is 5.32 Å². The summed E-state index contributed by atoms with van der Waals surface area (Å²) in [5, 5.41) is 40.8. The molecule has 1 heterocycles. The van der Waals surface area contributed by atoms with Gasteiger partial charge in [0.15, 0.2) is 11.2 Å². The molecule has 0 radical (unpaired) electrons. The van der Waals surface area contributed by atoms with Crippen LogP contribution in [0.1, 0.15) is 6.92 Å². The molecule has 13 heteroatoms. The second kappa shape index (κ2) is 12.7.